The molecule has 0 aliphatic rings. The molecule has 1 heterocycles. The predicted octanol–water partition coefficient (Wildman–Crippen LogP) is 2.27. The van der Waals surface area contributed by atoms with Gasteiger partial charge in [-0.1, -0.05) is 0 Å². The van der Waals surface area contributed by atoms with Crippen LogP contribution in [0.15, 0.2) is 24.5 Å². The molecule has 0 spiro atoms. The van der Waals surface area contributed by atoms with Crippen molar-refractivity contribution >= 4 is 17.7 Å². The summed E-state index contributed by atoms with van der Waals surface area (Å²) in [5.74, 6) is 1.53. The molecule has 0 bridgehead atoms. The van der Waals surface area contributed by atoms with Gasteiger partial charge in [0.25, 0.3) is 0 Å². The summed E-state index contributed by atoms with van der Waals surface area (Å²) >= 11 is 1.75. The molecule has 0 aromatic carbocycles. The fraction of sp³-hybridized carbons (Fsp3) is 0.455. The minimum absolute atomic E-state index is 0.0191. The Labute approximate surface area is 94.2 Å². The predicted molar refractivity (Wildman–Crippen MR) is 61.6 cm³/mol. The van der Waals surface area contributed by atoms with Gasteiger partial charge in [0.05, 0.1) is 0 Å². The minimum atomic E-state index is -0.216. The number of carbonyl (C=O) groups excluding carboxylic acids is 1. The number of hydrogen-bond acceptors (Lipinski definition) is 4. The van der Waals surface area contributed by atoms with Gasteiger partial charge < -0.3 is 4.74 Å². The van der Waals surface area contributed by atoms with Crippen LogP contribution in [0.2, 0.25) is 0 Å². The van der Waals surface area contributed by atoms with E-state index < -0.39 is 0 Å². The molecule has 82 valence electrons. The van der Waals surface area contributed by atoms with Gasteiger partial charge in [0, 0.05) is 30.8 Å². The lowest BCUT2D eigenvalue weighted by molar-refractivity contribution is -0.144. The molecule has 15 heavy (non-hydrogen) atoms. The molecule has 0 aliphatic heterocycles. The van der Waals surface area contributed by atoms with Gasteiger partial charge in [-0.25, -0.2) is 0 Å². The normalized spacial score (nSPS) is 12.1. The van der Waals surface area contributed by atoms with Gasteiger partial charge in [0.2, 0.25) is 0 Å². The van der Waals surface area contributed by atoms with Gasteiger partial charge in [-0.3, -0.25) is 9.78 Å². The van der Waals surface area contributed by atoms with Gasteiger partial charge in [0.15, 0.2) is 0 Å². The highest BCUT2D eigenvalue weighted by atomic mass is 32.2. The fourth-order valence-electron chi connectivity index (χ4n) is 1.14. The van der Waals surface area contributed by atoms with E-state index in [4.69, 9.17) is 4.74 Å². The van der Waals surface area contributed by atoms with Crippen molar-refractivity contribution in [3.8, 4) is 0 Å². The molecule has 0 N–H and O–H groups in total. The summed E-state index contributed by atoms with van der Waals surface area (Å²) in [6.07, 6.45) is 3.55. The molecule has 4 heteroatoms. The fourth-order valence-corrected chi connectivity index (χ4v) is 2.09. The smallest absolute Gasteiger partial charge is 0.302 e. The second-order valence-corrected chi connectivity index (χ2v) is 4.32. The Bertz CT molecular complexity index is 303. The summed E-state index contributed by atoms with van der Waals surface area (Å²) in [5.41, 5.74) is 1.24. The Morgan fingerprint density at radius 2 is 2.20 bits per heavy atom. The van der Waals surface area contributed by atoms with E-state index in [-0.39, 0.29) is 12.1 Å². The van der Waals surface area contributed by atoms with Gasteiger partial charge >= 0.3 is 5.97 Å². The summed E-state index contributed by atoms with van der Waals surface area (Å²) in [6, 6.07) is 3.98. The highest BCUT2D eigenvalue weighted by molar-refractivity contribution is 7.98. The molecule has 0 aliphatic carbocycles. The number of ether oxygens (including phenoxy) is 1. The lowest BCUT2D eigenvalue weighted by Gasteiger charge is -2.10. The average molecular weight is 225 g/mol. The monoisotopic (exact) mass is 225 g/mol. The van der Waals surface area contributed by atoms with Crippen molar-refractivity contribution < 1.29 is 9.53 Å². The average Bonchev–Trinajstić information content (AvgIpc) is 2.18. The Morgan fingerprint density at radius 1 is 1.53 bits per heavy atom. The minimum Gasteiger partial charge on any atom is -0.462 e. The third-order valence-corrected chi connectivity index (χ3v) is 2.98. The van der Waals surface area contributed by atoms with Crippen LogP contribution in [0.3, 0.4) is 0 Å². The number of pyridine rings is 1. The van der Waals surface area contributed by atoms with Crippen LogP contribution in [0, 0.1) is 0 Å². The van der Waals surface area contributed by atoms with Crippen molar-refractivity contribution in [1.29, 1.82) is 0 Å². The van der Waals surface area contributed by atoms with Crippen molar-refractivity contribution in [3.63, 3.8) is 0 Å². The van der Waals surface area contributed by atoms with E-state index in [0.717, 1.165) is 11.5 Å². The van der Waals surface area contributed by atoms with E-state index in [1.54, 1.807) is 24.2 Å². The van der Waals surface area contributed by atoms with E-state index in [0.29, 0.717) is 0 Å². The molecular formula is C11H15NO2S. The third-order valence-electron chi connectivity index (χ3n) is 1.74. The van der Waals surface area contributed by atoms with Crippen molar-refractivity contribution in [2.24, 2.45) is 0 Å². The van der Waals surface area contributed by atoms with E-state index in [2.05, 4.69) is 4.98 Å². The van der Waals surface area contributed by atoms with Crippen LogP contribution < -0.4 is 0 Å². The second-order valence-electron chi connectivity index (χ2n) is 3.29. The van der Waals surface area contributed by atoms with Gasteiger partial charge in [-0.15, -0.1) is 0 Å². The van der Waals surface area contributed by atoms with Crippen LogP contribution in [0.4, 0.5) is 0 Å². The number of nitrogens with zero attached hydrogens (tertiary/aromatic N) is 1. The SMILES string of the molecule is CC(=O)OC(C)CSCc1ccncc1. The van der Waals surface area contributed by atoms with Gasteiger partial charge in [-0.2, -0.15) is 11.8 Å². The standard InChI is InChI=1S/C11H15NO2S/c1-9(14-10(2)13)7-15-8-11-3-5-12-6-4-11/h3-6,9H,7-8H2,1-2H3. The Balaban J connectivity index is 2.19. The molecule has 0 radical (unpaired) electrons. The van der Waals surface area contributed by atoms with Crippen molar-refractivity contribution in [1.82, 2.24) is 4.98 Å². The molecule has 1 rings (SSSR count). The van der Waals surface area contributed by atoms with E-state index in [1.165, 1.54) is 12.5 Å². The first kappa shape index (κ1) is 12.0. The van der Waals surface area contributed by atoms with Crippen LogP contribution in [-0.4, -0.2) is 22.8 Å². The highest BCUT2D eigenvalue weighted by Gasteiger charge is 2.04. The van der Waals surface area contributed by atoms with E-state index >= 15 is 0 Å². The Morgan fingerprint density at radius 3 is 2.80 bits per heavy atom. The zero-order valence-electron chi connectivity index (χ0n) is 8.97. The summed E-state index contributed by atoms with van der Waals surface area (Å²) < 4.78 is 5.02. The number of hydrogen-bond donors (Lipinski definition) is 0. The first-order valence-corrected chi connectivity index (χ1v) is 5.98. The molecule has 1 unspecified atom stereocenters. The quantitative estimate of drug-likeness (QED) is 0.721. The van der Waals surface area contributed by atoms with Crippen molar-refractivity contribution in [2.45, 2.75) is 25.7 Å². The van der Waals surface area contributed by atoms with Crippen LogP contribution in [0.25, 0.3) is 0 Å². The van der Waals surface area contributed by atoms with Crippen molar-refractivity contribution in [3.05, 3.63) is 30.1 Å². The van der Waals surface area contributed by atoms with Crippen LogP contribution in [0.1, 0.15) is 19.4 Å². The molecule has 0 saturated heterocycles. The van der Waals surface area contributed by atoms with Gasteiger partial charge in [0.1, 0.15) is 6.10 Å². The Hall–Kier alpha value is -1.03. The van der Waals surface area contributed by atoms with E-state index in [1.807, 2.05) is 19.1 Å². The summed E-state index contributed by atoms with van der Waals surface area (Å²) in [4.78, 5) is 14.6. The van der Waals surface area contributed by atoms with Crippen LogP contribution in [-0.2, 0) is 15.3 Å². The zero-order chi connectivity index (χ0) is 11.1. The molecule has 1 atom stereocenters. The zero-order valence-corrected chi connectivity index (χ0v) is 9.79. The molecule has 0 amide bonds. The highest BCUT2D eigenvalue weighted by Crippen LogP contribution is 2.13. The molecule has 0 saturated carbocycles. The first-order valence-electron chi connectivity index (χ1n) is 4.82. The topological polar surface area (TPSA) is 39.2 Å². The molecule has 1 aromatic rings. The molecule has 0 fully saturated rings. The third kappa shape index (κ3) is 5.42. The van der Waals surface area contributed by atoms with Gasteiger partial charge in [-0.05, 0) is 24.6 Å². The maximum Gasteiger partial charge on any atom is 0.302 e. The first-order chi connectivity index (χ1) is 7.18. The molecular weight excluding hydrogens is 210 g/mol. The van der Waals surface area contributed by atoms with Crippen molar-refractivity contribution in [2.75, 3.05) is 5.75 Å². The summed E-state index contributed by atoms with van der Waals surface area (Å²) in [5, 5.41) is 0. The van der Waals surface area contributed by atoms with Crippen LogP contribution >= 0.6 is 11.8 Å². The maximum absolute atomic E-state index is 10.6. The second kappa shape index (κ2) is 6.45. The number of thioether (sulfide) groups is 1. The lowest BCUT2D eigenvalue weighted by atomic mass is 10.3. The number of carbonyl (C=O) groups is 1. The molecule has 1 aromatic heterocycles. The number of aromatic nitrogens is 1. The lowest BCUT2D eigenvalue weighted by Crippen LogP contribution is -2.14. The van der Waals surface area contributed by atoms with Crippen LogP contribution in [0.5, 0.6) is 0 Å². The Kier molecular flexibility index (Phi) is 5.18. The molecule has 3 nitrogen and oxygen atoms in total. The number of rotatable bonds is 5. The summed E-state index contributed by atoms with van der Waals surface area (Å²) in [7, 11) is 0. The summed E-state index contributed by atoms with van der Waals surface area (Å²) in [6.45, 7) is 3.34. The number of esters is 1. The van der Waals surface area contributed by atoms with E-state index in [9.17, 15) is 4.79 Å². The largest absolute Gasteiger partial charge is 0.462 e. The maximum atomic E-state index is 10.6.